The monoisotopic (exact) mass is 337 g/mol. The summed E-state index contributed by atoms with van der Waals surface area (Å²) < 4.78 is 5.59. The Morgan fingerprint density at radius 2 is 1.96 bits per heavy atom. The number of para-hydroxylation sites is 1. The fourth-order valence-electron chi connectivity index (χ4n) is 2.67. The van der Waals surface area contributed by atoms with Gasteiger partial charge in [-0.25, -0.2) is 9.97 Å². The zero-order chi connectivity index (χ0) is 17.6. The van der Waals surface area contributed by atoms with Gasteiger partial charge >= 0.3 is 0 Å². The van der Waals surface area contributed by atoms with Gasteiger partial charge < -0.3 is 21.2 Å². The van der Waals surface area contributed by atoms with Crippen LogP contribution in [0.4, 0.5) is 11.5 Å². The number of anilines is 2. The van der Waals surface area contributed by atoms with Crippen molar-refractivity contribution >= 4 is 22.7 Å². The predicted octanol–water partition coefficient (Wildman–Crippen LogP) is 0.988. The van der Waals surface area contributed by atoms with E-state index in [0.29, 0.717) is 45.6 Å². The summed E-state index contributed by atoms with van der Waals surface area (Å²) in [5.74, 6) is 1.90. The van der Waals surface area contributed by atoms with Crippen molar-refractivity contribution in [2.24, 2.45) is 7.05 Å². The molecule has 0 aliphatic carbocycles. The molecule has 5 N–H and O–H groups in total. The number of H-pyrrole nitrogens is 1. The Morgan fingerprint density at radius 3 is 2.68 bits per heavy atom. The summed E-state index contributed by atoms with van der Waals surface area (Å²) in [5, 5.41) is 12.1. The molecule has 25 heavy (non-hydrogen) atoms. The first-order chi connectivity index (χ1) is 12.1. The van der Waals surface area contributed by atoms with E-state index in [9.17, 15) is 0 Å². The van der Waals surface area contributed by atoms with Gasteiger partial charge in [0, 0.05) is 6.07 Å². The van der Waals surface area contributed by atoms with Crippen LogP contribution in [0, 0.1) is 0 Å². The van der Waals surface area contributed by atoms with Crippen molar-refractivity contribution in [1.29, 1.82) is 0 Å². The molecule has 1 aromatic carbocycles. The molecule has 10 nitrogen and oxygen atoms in total. The number of aromatic nitrogens is 7. The highest BCUT2D eigenvalue weighted by molar-refractivity contribution is 5.89. The maximum Gasteiger partial charge on any atom is 0.208 e. The minimum atomic E-state index is 0.313. The molecule has 0 bridgehead atoms. The number of ether oxygens (including phenoxy) is 1. The minimum Gasteiger partial charge on any atom is -0.495 e. The second-order valence-corrected chi connectivity index (χ2v) is 5.41. The molecule has 10 heteroatoms. The van der Waals surface area contributed by atoms with Crippen LogP contribution in [0.25, 0.3) is 33.9 Å². The number of rotatable bonds is 3. The topological polar surface area (TPSA) is 146 Å². The summed E-state index contributed by atoms with van der Waals surface area (Å²) in [6.45, 7) is 0. The molecule has 126 valence electrons. The van der Waals surface area contributed by atoms with Gasteiger partial charge in [-0.3, -0.25) is 0 Å². The maximum atomic E-state index is 5.99. The van der Waals surface area contributed by atoms with Crippen LogP contribution in [0.15, 0.2) is 24.3 Å². The Labute approximate surface area is 141 Å². The average molecular weight is 337 g/mol. The zero-order valence-corrected chi connectivity index (χ0v) is 13.6. The minimum absolute atomic E-state index is 0.313. The van der Waals surface area contributed by atoms with Gasteiger partial charge in [-0.2, -0.15) is 4.80 Å². The molecule has 0 spiro atoms. The Hall–Kier alpha value is -3.69. The number of benzene rings is 1. The number of nitrogens with one attached hydrogen (secondary N) is 1. The van der Waals surface area contributed by atoms with Gasteiger partial charge in [0.05, 0.1) is 31.0 Å². The van der Waals surface area contributed by atoms with Gasteiger partial charge in [0.1, 0.15) is 22.9 Å². The summed E-state index contributed by atoms with van der Waals surface area (Å²) >= 11 is 0. The number of imidazole rings is 1. The van der Waals surface area contributed by atoms with Gasteiger partial charge in [-0.15, -0.1) is 10.2 Å². The van der Waals surface area contributed by atoms with E-state index in [2.05, 4.69) is 30.4 Å². The molecule has 0 unspecified atom stereocenters. The molecule has 0 aliphatic heterocycles. The number of aryl methyl sites for hydroxylation is 1. The first-order valence-corrected chi connectivity index (χ1v) is 7.40. The summed E-state index contributed by atoms with van der Waals surface area (Å²) in [6, 6.07) is 7.17. The number of hydrogen-bond acceptors (Lipinski definition) is 8. The van der Waals surface area contributed by atoms with E-state index < -0.39 is 0 Å². The molecule has 4 rings (SSSR count). The van der Waals surface area contributed by atoms with Crippen molar-refractivity contribution in [3.63, 3.8) is 0 Å². The van der Waals surface area contributed by atoms with Crippen molar-refractivity contribution in [2.75, 3.05) is 18.6 Å². The lowest BCUT2D eigenvalue weighted by Crippen LogP contribution is -1.95. The highest BCUT2D eigenvalue weighted by atomic mass is 16.5. The number of pyridine rings is 1. The van der Waals surface area contributed by atoms with E-state index in [1.54, 1.807) is 20.2 Å². The van der Waals surface area contributed by atoms with E-state index in [-0.39, 0.29) is 0 Å². The maximum absolute atomic E-state index is 5.99. The van der Waals surface area contributed by atoms with E-state index >= 15 is 0 Å². The second-order valence-electron chi connectivity index (χ2n) is 5.41. The zero-order valence-electron chi connectivity index (χ0n) is 13.6. The third-order valence-electron chi connectivity index (χ3n) is 3.74. The largest absolute Gasteiger partial charge is 0.495 e. The number of fused-ring (bicyclic) bond motifs is 1. The van der Waals surface area contributed by atoms with E-state index in [1.807, 2.05) is 18.2 Å². The van der Waals surface area contributed by atoms with E-state index in [4.69, 9.17) is 16.2 Å². The lowest BCUT2D eigenvalue weighted by molar-refractivity contribution is 0.417. The SMILES string of the molecule is COc1c(-c2nnn(C)n2)cccc1-c1nc2nc(N)cc(N)c2[nH]1. The molecule has 4 aromatic rings. The molecule has 0 radical (unpaired) electrons. The number of nitrogens with two attached hydrogens (primary N) is 2. The first kappa shape index (κ1) is 14.9. The Morgan fingerprint density at radius 1 is 1.16 bits per heavy atom. The normalized spacial score (nSPS) is 11.1. The summed E-state index contributed by atoms with van der Waals surface area (Å²) in [7, 11) is 3.27. The molecule has 0 amide bonds. The van der Waals surface area contributed by atoms with Gasteiger partial charge in [0.25, 0.3) is 0 Å². The first-order valence-electron chi connectivity index (χ1n) is 7.40. The van der Waals surface area contributed by atoms with Crippen LogP contribution >= 0.6 is 0 Å². The molecule has 0 aliphatic rings. The lowest BCUT2D eigenvalue weighted by Gasteiger charge is -2.09. The van der Waals surface area contributed by atoms with Crippen LogP contribution in [0.2, 0.25) is 0 Å². The van der Waals surface area contributed by atoms with E-state index in [0.717, 1.165) is 5.56 Å². The standard InChI is InChI=1S/C15H15N9O/c1-24-22-14(21-23-24)8-5-3-4-7(12(8)25-2)13-19-11-9(16)6-10(17)18-15(11)20-13/h3-6H,1-2H3,(H5,16,17,18,19,20). The van der Waals surface area contributed by atoms with Crippen LogP contribution in [-0.4, -0.2) is 42.3 Å². The Bertz CT molecular complexity index is 1080. The number of nitrogens with zero attached hydrogens (tertiary/aromatic N) is 6. The van der Waals surface area contributed by atoms with Crippen molar-refractivity contribution < 1.29 is 4.74 Å². The quantitative estimate of drug-likeness (QED) is 0.501. The summed E-state index contributed by atoms with van der Waals surface area (Å²) in [5.41, 5.74) is 14.7. The fourth-order valence-corrected chi connectivity index (χ4v) is 2.67. The Balaban J connectivity index is 1.92. The number of methoxy groups -OCH3 is 1. The summed E-state index contributed by atoms with van der Waals surface area (Å²) in [6.07, 6.45) is 0. The number of nitrogen functional groups attached to an aromatic ring is 2. The number of hydrogen-bond donors (Lipinski definition) is 3. The molecule has 0 fully saturated rings. The highest BCUT2D eigenvalue weighted by Gasteiger charge is 2.19. The third-order valence-corrected chi connectivity index (χ3v) is 3.74. The highest BCUT2D eigenvalue weighted by Crippen LogP contribution is 2.37. The molecule has 3 heterocycles. The number of aromatic amines is 1. The molecular formula is C15H15N9O. The van der Waals surface area contributed by atoms with Crippen LogP contribution in [0.3, 0.4) is 0 Å². The van der Waals surface area contributed by atoms with Crippen LogP contribution in [-0.2, 0) is 7.05 Å². The molecule has 3 aromatic heterocycles. The van der Waals surface area contributed by atoms with Gasteiger partial charge in [0.2, 0.25) is 5.82 Å². The number of tetrazole rings is 1. The van der Waals surface area contributed by atoms with Crippen molar-refractivity contribution in [3.8, 4) is 28.5 Å². The molecular weight excluding hydrogens is 322 g/mol. The van der Waals surface area contributed by atoms with Crippen LogP contribution in [0.5, 0.6) is 5.75 Å². The van der Waals surface area contributed by atoms with Gasteiger partial charge in [0.15, 0.2) is 5.65 Å². The molecule has 0 saturated heterocycles. The second kappa shape index (κ2) is 5.44. The Kier molecular flexibility index (Phi) is 3.24. The van der Waals surface area contributed by atoms with Crippen molar-refractivity contribution in [3.05, 3.63) is 24.3 Å². The molecule has 0 saturated carbocycles. The van der Waals surface area contributed by atoms with Crippen LogP contribution < -0.4 is 16.2 Å². The van der Waals surface area contributed by atoms with Crippen molar-refractivity contribution in [2.45, 2.75) is 0 Å². The van der Waals surface area contributed by atoms with E-state index in [1.165, 1.54) is 4.80 Å². The van der Waals surface area contributed by atoms with Crippen LogP contribution in [0.1, 0.15) is 0 Å². The fraction of sp³-hybridized carbons (Fsp3) is 0.133. The predicted molar refractivity (Wildman–Crippen MR) is 92.5 cm³/mol. The average Bonchev–Trinajstić information content (AvgIpc) is 3.20. The van der Waals surface area contributed by atoms with Gasteiger partial charge in [-0.05, 0) is 17.3 Å². The third kappa shape index (κ3) is 2.40. The summed E-state index contributed by atoms with van der Waals surface area (Å²) in [4.78, 5) is 13.2. The lowest BCUT2D eigenvalue weighted by atomic mass is 10.1. The van der Waals surface area contributed by atoms with Gasteiger partial charge in [-0.1, -0.05) is 6.07 Å². The smallest absolute Gasteiger partial charge is 0.208 e. The van der Waals surface area contributed by atoms with Crippen molar-refractivity contribution in [1.82, 2.24) is 35.2 Å². The molecule has 0 atom stereocenters.